The van der Waals surface area contributed by atoms with E-state index in [1.165, 1.54) is 44.7 Å². The lowest BCUT2D eigenvalue weighted by Gasteiger charge is -2.54. The molecule has 0 spiro atoms. The molecule has 1 aromatic carbocycles. The van der Waals surface area contributed by atoms with E-state index in [4.69, 9.17) is 28.3 Å². The van der Waals surface area contributed by atoms with Crippen molar-refractivity contribution in [3.63, 3.8) is 0 Å². The van der Waals surface area contributed by atoms with Crippen LogP contribution in [0, 0.1) is 10.8 Å². The summed E-state index contributed by atoms with van der Waals surface area (Å²) in [4.78, 5) is 2.29. The fourth-order valence-corrected chi connectivity index (χ4v) is 6.49. The highest BCUT2D eigenvalue weighted by Gasteiger charge is 2.47. The minimum absolute atomic E-state index is 0.0685. The van der Waals surface area contributed by atoms with Gasteiger partial charge in [-0.25, -0.2) is 0 Å². The lowest BCUT2D eigenvalue weighted by Crippen LogP contribution is -2.49. The predicted octanol–water partition coefficient (Wildman–Crippen LogP) is 3.99. The Labute approximate surface area is 222 Å². The molecule has 2 aliphatic carbocycles. The molecular weight excluding hydrogens is 459 g/mol. The van der Waals surface area contributed by atoms with Gasteiger partial charge in [0.15, 0.2) is 5.82 Å². The van der Waals surface area contributed by atoms with Crippen molar-refractivity contribution in [1.82, 2.24) is 20.4 Å². The number of rotatable bonds is 6. The van der Waals surface area contributed by atoms with Crippen molar-refractivity contribution in [3.8, 4) is 34.0 Å². The van der Waals surface area contributed by atoms with Crippen molar-refractivity contribution < 1.29 is 9.84 Å². The molecule has 10 heteroatoms. The number of hydrogen-bond donors (Lipinski definition) is 1. The molecule has 3 aromatic rings. The number of fused-ring (bicyclic) bond motifs is 2. The monoisotopic (exact) mass is 489 g/mol. The van der Waals surface area contributed by atoms with Gasteiger partial charge in [0.05, 0.1) is 11.9 Å². The highest BCUT2D eigenvalue weighted by atomic mass is 16.5. The summed E-state index contributed by atoms with van der Waals surface area (Å²) in [5.74, 6) is 0.992. The number of aromatic hydroxyl groups is 1. The van der Waals surface area contributed by atoms with Gasteiger partial charge in [-0.1, -0.05) is 26.3 Å². The molecule has 0 aliphatic heterocycles. The van der Waals surface area contributed by atoms with Crippen molar-refractivity contribution >= 4 is 29.4 Å². The average Bonchev–Trinajstić information content (AvgIpc) is 2.81. The van der Waals surface area contributed by atoms with E-state index >= 15 is 0 Å². The molecule has 7 nitrogen and oxygen atoms in total. The number of phenolic OH excluding ortho intramolecular Hbond substituents is 1. The quantitative estimate of drug-likeness (QED) is 0.525. The second-order valence-electron chi connectivity index (χ2n) is 11.6. The van der Waals surface area contributed by atoms with Crippen molar-refractivity contribution in [2.24, 2.45) is 10.8 Å². The summed E-state index contributed by atoms with van der Waals surface area (Å²) in [5.41, 5.74) is 3.35. The molecule has 1 unspecified atom stereocenters. The lowest BCUT2D eigenvalue weighted by molar-refractivity contribution is 0.0141. The van der Waals surface area contributed by atoms with Gasteiger partial charge in [-0.05, 0) is 78.1 Å². The molecule has 37 heavy (non-hydrogen) atoms. The Balaban J connectivity index is 1.33. The number of hydrogen-bond acceptors (Lipinski definition) is 7. The molecule has 6 radical (unpaired) electrons. The number of benzene rings is 1. The van der Waals surface area contributed by atoms with E-state index in [9.17, 15) is 5.11 Å². The van der Waals surface area contributed by atoms with Crippen LogP contribution in [0.2, 0.25) is 0 Å². The van der Waals surface area contributed by atoms with Gasteiger partial charge in [0.2, 0.25) is 5.88 Å². The number of aromatic nitrogens is 4. The Morgan fingerprint density at radius 3 is 2.32 bits per heavy atom. The Hall–Kier alpha value is -3.03. The van der Waals surface area contributed by atoms with Gasteiger partial charge in [0.1, 0.15) is 29.3 Å². The smallest absolute Gasteiger partial charge is 0.232 e. The Kier molecular flexibility index (Phi) is 6.49. The molecule has 184 valence electrons. The molecule has 2 fully saturated rings. The summed E-state index contributed by atoms with van der Waals surface area (Å²) in [7, 11) is 18.6. The molecule has 0 amide bonds. The number of ether oxygens (including phenoxy) is 1. The van der Waals surface area contributed by atoms with Crippen molar-refractivity contribution in [2.75, 3.05) is 11.9 Å². The van der Waals surface area contributed by atoms with E-state index in [2.05, 4.69) is 46.2 Å². The van der Waals surface area contributed by atoms with Gasteiger partial charge >= 0.3 is 0 Å². The minimum atomic E-state index is -1.87. The number of nitrogens with zero attached hydrogens (tertiary/aromatic N) is 5. The van der Waals surface area contributed by atoms with E-state index in [-0.39, 0.29) is 11.6 Å². The maximum atomic E-state index is 10.8. The summed E-state index contributed by atoms with van der Waals surface area (Å²) >= 11 is 0. The zero-order valence-electron chi connectivity index (χ0n) is 21.7. The first-order valence-corrected chi connectivity index (χ1v) is 12.7. The van der Waals surface area contributed by atoms with Crippen molar-refractivity contribution in [1.29, 1.82) is 0 Å². The van der Waals surface area contributed by atoms with E-state index in [0.29, 0.717) is 39.3 Å². The second kappa shape index (κ2) is 9.37. The molecule has 1 N–H and O–H groups in total. The third-order valence-corrected chi connectivity index (χ3v) is 7.95. The Morgan fingerprint density at radius 1 is 0.973 bits per heavy atom. The summed E-state index contributed by atoms with van der Waals surface area (Å²) < 4.78 is 5.17. The van der Waals surface area contributed by atoms with E-state index in [1.807, 2.05) is 18.2 Å². The van der Waals surface area contributed by atoms with Crippen LogP contribution in [0.1, 0.15) is 52.4 Å². The van der Waals surface area contributed by atoms with E-state index < -0.39 is 5.30 Å². The molecule has 2 aromatic heterocycles. The molecule has 2 bridgehead atoms. The van der Waals surface area contributed by atoms with Crippen LogP contribution >= 0.6 is 0 Å². The first kappa shape index (κ1) is 25.6. The second-order valence-corrected chi connectivity index (χ2v) is 11.6. The molecular formula is C27H30B3N5O2. The van der Waals surface area contributed by atoms with Crippen LogP contribution < -0.4 is 9.64 Å². The summed E-state index contributed by atoms with van der Waals surface area (Å²) in [5, 5.41) is 25.6. The van der Waals surface area contributed by atoms with Gasteiger partial charge in [-0.2, -0.15) is 5.10 Å². The SMILES string of the molecule is [B]C([B])([B])Oc1cc(-c2ccc(-c3ccc(N(C)C4C[C@]5(C)CCC[C@](C)(C4)C5)nn3)c(O)c2)cnn1. The van der Waals surface area contributed by atoms with Crippen LogP contribution in [-0.2, 0) is 0 Å². The largest absolute Gasteiger partial charge is 0.507 e. The molecule has 3 atom stereocenters. The molecule has 2 heterocycles. The summed E-state index contributed by atoms with van der Waals surface area (Å²) in [6.45, 7) is 4.90. The minimum Gasteiger partial charge on any atom is -0.507 e. The summed E-state index contributed by atoms with van der Waals surface area (Å²) in [6.07, 6.45) is 9.19. The fraction of sp³-hybridized carbons (Fsp3) is 0.481. The van der Waals surface area contributed by atoms with Crippen LogP contribution in [-0.4, -0.2) is 67.4 Å². The van der Waals surface area contributed by atoms with Crippen molar-refractivity contribution in [3.05, 3.63) is 42.6 Å². The number of phenols is 1. The third-order valence-electron chi connectivity index (χ3n) is 7.95. The lowest BCUT2D eigenvalue weighted by atomic mass is 9.52. The molecule has 5 rings (SSSR count). The van der Waals surface area contributed by atoms with Crippen LogP contribution in [0.4, 0.5) is 5.82 Å². The Morgan fingerprint density at radius 2 is 1.70 bits per heavy atom. The van der Waals surface area contributed by atoms with Gasteiger partial charge in [0, 0.05) is 30.3 Å². The average molecular weight is 489 g/mol. The Bertz CT molecular complexity index is 1270. The predicted molar refractivity (Wildman–Crippen MR) is 147 cm³/mol. The molecule has 2 aliphatic rings. The first-order valence-electron chi connectivity index (χ1n) is 12.7. The normalized spacial score (nSPS) is 25.4. The molecule has 2 saturated carbocycles. The maximum absolute atomic E-state index is 10.8. The van der Waals surface area contributed by atoms with Crippen LogP contribution in [0.3, 0.4) is 0 Å². The standard InChI is InChI=1S/C27H30B3N5O2/c1-25-9-4-10-26(2,16-25)14-19(13-25)35(3)23-8-7-21(32-33-23)20-6-5-17(11-22(20)36)18-12-24(34-31-15-18)37-27(28,29)30/h5-8,11-12,15,19,36H,4,9-10,13-14,16H2,1-3H3/t19?,25-,26+. The third kappa shape index (κ3) is 5.63. The highest BCUT2D eigenvalue weighted by Crippen LogP contribution is 2.56. The molecule has 0 saturated heterocycles. The summed E-state index contributed by atoms with van der Waals surface area (Å²) in [6, 6.07) is 11.2. The van der Waals surface area contributed by atoms with Gasteiger partial charge in [-0.15, -0.1) is 15.3 Å². The van der Waals surface area contributed by atoms with Crippen LogP contribution in [0.15, 0.2) is 42.6 Å². The first-order chi connectivity index (χ1) is 17.4. The highest BCUT2D eigenvalue weighted by molar-refractivity contribution is 6.58. The maximum Gasteiger partial charge on any atom is 0.232 e. The van der Waals surface area contributed by atoms with Gasteiger partial charge < -0.3 is 14.7 Å². The number of anilines is 1. The fourth-order valence-electron chi connectivity index (χ4n) is 6.49. The van der Waals surface area contributed by atoms with E-state index in [0.717, 1.165) is 5.82 Å². The topological polar surface area (TPSA) is 84.3 Å². The van der Waals surface area contributed by atoms with Gasteiger partial charge in [-0.3, -0.25) is 0 Å². The van der Waals surface area contributed by atoms with Crippen LogP contribution in [0.5, 0.6) is 11.6 Å². The zero-order valence-corrected chi connectivity index (χ0v) is 21.7. The van der Waals surface area contributed by atoms with Gasteiger partial charge in [0.25, 0.3) is 0 Å². The van der Waals surface area contributed by atoms with E-state index in [1.54, 1.807) is 18.2 Å². The van der Waals surface area contributed by atoms with Crippen molar-refractivity contribution in [2.45, 2.75) is 63.7 Å². The zero-order chi connectivity index (χ0) is 26.4. The van der Waals surface area contributed by atoms with Crippen LogP contribution in [0.25, 0.3) is 22.4 Å².